The molecule has 0 radical (unpaired) electrons. The lowest BCUT2D eigenvalue weighted by molar-refractivity contribution is -0.139. The van der Waals surface area contributed by atoms with Gasteiger partial charge in [-0.05, 0) is 12.0 Å². The van der Waals surface area contributed by atoms with Crippen molar-refractivity contribution in [3.05, 3.63) is 47.2 Å². The Bertz CT molecular complexity index is 452. The molecule has 90 valence electrons. The number of nitrogens with zero attached hydrogens (tertiary/aromatic N) is 2. The SMILES string of the molecule is CN(C)N1CC(Cc2ccccc2)=C(O)C1=O. The van der Waals surface area contributed by atoms with Crippen molar-refractivity contribution in [3.8, 4) is 0 Å². The van der Waals surface area contributed by atoms with E-state index in [-0.39, 0.29) is 11.7 Å². The lowest BCUT2D eigenvalue weighted by atomic mass is 10.1. The van der Waals surface area contributed by atoms with Crippen molar-refractivity contribution in [1.29, 1.82) is 0 Å². The van der Waals surface area contributed by atoms with Gasteiger partial charge in [-0.2, -0.15) is 0 Å². The first-order valence-corrected chi connectivity index (χ1v) is 5.53. The van der Waals surface area contributed by atoms with Gasteiger partial charge in [-0.3, -0.25) is 9.80 Å². The molecule has 1 aromatic carbocycles. The van der Waals surface area contributed by atoms with Crippen LogP contribution in [0, 0.1) is 0 Å². The van der Waals surface area contributed by atoms with Crippen molar-refractivity contribution in [1.82, 2.24) is 10.0 Å². The average molecular weight is 232 g/mol. The van der Waals surface area contributed by atoms with Crippen molar-refractivity contribution in [2.45, 2.75) is 6.42 Å². The highest BCUT2D eigenvalue weighted by molar-refractivity contribution is 5.94. The molecule has 0 spiro atoms. The highest BCUT2D eigenvalue weighted by atomic mass is 16.3. The Labute approximate surface area is 101 Å². The van der Waals surface area contributed by atoms with Crippen LogP contribution in [0.1, 0.15) is 5.56 Å². The molecule has 4 nitrogen and oxygen atoms in total. The van der Waals surface area contributed by atoms with Gasteiger partial charge in [0.25, 0.3) is 0 Å². The Balaban J connectivity index is 2.15. The number of aliphatic hydroxyl groups is 1. The summed E-state index contributed by atoms with van der Waals surface area (Å²) in [7, 11) is 3.58. The number of hydrogen-bond donors (Lipinski definition) is 1. The van der Waals surface area contributed by atoms with E-state index >= 15 is 0 Å². The highest BCUT2D eigenvalue weighted by Crippen LogP contribution is 2.21. The average Bonchev–Trinajstić information content (AvgIpc) is 2.59. The highest BCUT2D eigenvalue weighted by Gasteiger charge is 2.31. The first-order chi connectivity index (χ1) is 8.09. The molecular formula is C13H16N2O2. The zero-order valence-corrected chi connectivity index (χ0v) is 10.1. The third kappa shape index (κ3) is 2.31. The molecule has 0 aromatic heterocycles. The van der Waals surface area contributed by atoms with Crippen LogP contribution in [0.4, 0.5) is 0 Å². The van der Waals surface area contributed by atoms with Crippen LogP contribution in [0.3, 0.4) is 0 Å². The smallest absolute Gasteiger partial charge is 0.303 e. The van der Waals surface area contributed by atoms with E-state index < -0.39 is 0 Å². The second kappa shape index (κ2) is 4.59. The largest absolute Gasteiger partial charge is 0.503 e. The van der Waals surface area contributed by atoms with Crippen LogP contribution < -0.4 is 0 Å². The van der Waals surface area contributed by atoms with Crippen LogP contribution in [0.25, 0.3) is 0 Å². The Hall–Kier alpha value is -1.81. The molecule has 0 saturated carbocycles. The van der Waals surface area contributed by atoms with Crippen LogP contribution in [0.2, 0.25) is 0 Å². The molecule has 1 aromatic rings. The zero-order valence-electron chi connectivity index (χ0n) is 10.1. The summed E-state index contributed by atoms with van der Waals surface area (Å²) in [5, 5.41) is 13.0. The maximum Gasteiger partial charge on any atom is 0.303 e. The van der Waals surface area contributed by atoms with E-state index in [2.05, 4.69) is 0 Å². The monoisotopic (exact) mass is 232 g/mol. The molecule has 17 heavy (non-hydrogen) atoms. The molecule has 0 unspecified atom stereocenters. The Kier molecular flexibility index (Phi) is 3.15. The molecule has 0 saturated heterocycles. The number of carbonyl (C=O) groups is 1. The summed E-state index contributed by atoms with van der Waals surface area (Å²) in [6, 6.07) is 9.83. The van der Waals surface area contributed by atoms with Crippen LogP contribution in [-0.2, 0) is 11.2 Å². The van der Waals surface area contributed by atoms with E-state index in [4.69, 9.17) is 0 Å². The molecule has 0 aliphatic carbocycles. The molecular weight excluding hydrogens is 216 g/mol. The van der Waals surface area contributed by atoms with Crippen molar-refractivity contribution in [2.24, 2.45) is 0 Å². The summed E-state index contributed by atoms with van der Waals surface area (Å²) in [5.74, 6) is -0.427. The third-order valence-corrected chi connectivity index (χ3v) is 2.86. The van der Waals surface area contributed by atoms with Gasteiger partial charge < -0.3 is 5.11 Å². The molecule has 4 heteroatoms. The van der Waals surface area contributed by atoms with E-state index in [1.165, 1.54) is 5.01 Å². The van der Waals surface area contributed by atoms with Crippen molar-refractivity contribution < 1.29 is 9.90 Å². The van der Waals surface area contributed by atoms with Crippen LogP contribution in [0.5, 0.6) is 0 Å². The van der Waals surface area contributed by atoms with Gasteiger partial charge in [-0.1, -0.05) is 30.3 Å². The lowest BCUT2D eigenvalue weighted by Crippen LogP contribution is -2.39. The van der Waals surface area contributed by atoms with E-state index in [1.807, 2.05) is 30.3 Å². The standard InChI is InChI=1S/C13H16N2O2/c1-14(2)15-9-11(12(16)13(15)17)8-10-6-4-3-5-7-10/h3-7,16H,8-9H2,1-2H3. The quantitative estimate of drug-likeness (QED) is 0.855. The summed E-state index contributed by atoms with van der Waals surface area (Å²) >= 11 is 0. The van der Waals surface area contributed by atoms with Crippen molar-refractivity contribution in [2.75, 3.05) is 20.6 Å². The van der Waals surface area contributed by atoms with E-state index in [1.54, 1.807) is 19.1 Å². The van der Waals surface area contributed by atoms with E-state index in [0.29, 0.717) is 13.0 Å². The summed E-state index contributed by atoms with van der Waals surface area (Å²) in [6.45, 7) is 0.465. The lowest BCUT2D eigenvalue weighted by Gasteiger charge is -2.23. The minimum absolute atomic E-state index is 0.109. The fourth-order valence-corrected chi connectivity index (χ4v) is 1.91. The van der Waals surface area contributed by atoms with Gasteiger partial charge in [0.1, 0.15) is 0 Å². The van der Waals surface area contributed by atoms with Gasteiger partial charge in [0.2, 0.25) is 0 Å². The number of amides is 1. The number of hydrogen-bond acceptors (Lipinski definition) is 3. The minimum atomic E-state index is -0.319. The maximum absolute atomic E-state index is 11.7. The number of hydrazine groups is 1. The topological polar surface area (TPSA) is 43.8 Å². The van der Waals surface area contributed by atoms with E-state index in [0.717, 1.165) is 11.1 Å². The zero-order chi connectivity index (χ0) is 12.4. The predicted molar refractivity (Wildman–Crippen MR) is 65.2 cm³/mol. The van der Waals surface area contributed by atoms with Crippen LogP contribution in [-0.4, -0.2) is 41.7 Å². The summed E-state index contributed by atoms with van der Waals surface area (Å²) < 4.78 is 0. The molecule has 0 fully saturated rings. The van der Waals surface area contributed by atoms with Crippen molar-refractivity contribution in [3.63, 3.8) is 0 Å². The summed E-state index contributed by atoms with van der Waals surface area (Å²) in [5.41, 5.74) is 1.87. The maximum atomic E-state index is 11.7. The van der Waals surface area contributed by atoms with Crippen LogP contribution in [0.15, 0.2) is 41.7 Å². The van der Waals surface area contributed by atoms with Gasteiger partial charge >= 0.3 is 5.91 Å². The number of benzene rings is 1. The van der Waals surface area contributed by atoms with Gasteiger partial charge in [0.15, 0.2) is 5.76 Å². The number of carbonyl (C=O) groups excluding carboxylic acids is 1. The molecule has 1 aliphatic heterocycles. The number of aliphatic hydroxyl groups excluding tert-OH is 1. The fourth-order valence-electron chi connectivity index (χ4n) is 1.91. The molecule has 2 rings (SSSR count). The fraction of sp³-hybridized carbons (Fsp3) is 0.308. The first-order valence-electron chi connectivity index (χ1n) is 5.53. The Morgan fingerprint density at radius 1 is 1.29 bits per heavy atom. The molecule has 0 bridgehead atoms. The predicted octanol–water partition coefficient (Wildman–Crippen LogP) is 1.36. The first kappa shape index (κ1) is 11.7. The number of rotatable bonds is 3. The second-order valence-electron chi connectivity index (χ2n) is 4.32. The molecule has 0 atom stereocenters. The minimum Gasteiger partial charge on any atom is -0.503 e. The molecule has 1 N–H and O–H groups in total. The molecule has 1 aliphatic rings. The van der Waals surface area contributed by atoms with Gasteiger partial charge in [0.05, 0.1) is 6.54 Å². The molecule has 1 amide bonds. The van der Waals surface area contributed by atoms with Crippen molar-refractivity contribution >= 4 is 5.91 Å². The summed E-state index contributed by atoms with van der Waals surface area (Å²) in [6.07, 6.45) is 0.614. The van der Waals surface area contributed by atoms with Gasteiger partial charge in [-0.25, -0.2) is 5.01 Å². The van der Waals surface area contributed by atoms with Crippen LogP contribution >= 0.6 is 0 Å². The second-order valence-corrected chi connectivity index (χ2v) is 4.32. The van der Waals surface area contributed by atoms with E-state index in [9.17, 15) is 9.90 Å². The van der Waals surface area contributed by atoms with Gasteiger partial charge in [0, 0.05) is 19.7 Å². The normalized spacial score (nSPS) is 16.2. The van der Waals surface area contributed by atoms with Gasteiger partial charge in [-0.15, -0.1) is 0 Å². The molecule has 1 heterocycles. The Morgan fingerprint density at radius 2 is 1.94 bits per heavy atom. The third-order valence-electron chi connectivity index (χ3n) is 2.86. The summed E-state index contributed by atoms with van der Waals surface area (Å²) in [4.78, 5) is 11.7. The Morgan fingerprint density at radius 3 is 2.47 bits per heavy atom.